The maximum atomic E-state index is 9.43. The molecule has 1 aliphatic rings. The van der Waals surface area contributed by atoms with Crippen LogP contribution in [0.5, 0.6) is 0 Å². The smallest absolute Gasteiger partial charge is 0.126 e. The molecule has 1 aromatic heterocycles. The highest BCUT2D eigenvalue weighted by molar-refractivity contribution is 5.42. The summed E-state index contributed by atoms with van der Waals surface area (Å²) < 4.78 is 10.8. The monoisotopic (exact) mass is 251 g/mol. The Morgan fingerprint density at radius 1 is 1.56 bits per heavy atom. The summed E-state index contributed by atoms with van der Waals surface area (Å²) in [4.78, 5) is 2.29. The highest BCUT2D eigenvalue weighted by atomic mass is 16.5. The van der Waals surface area contributed by atoms with Gasteiger partial charge >= 0.3 is 0 Å². The Hall–Kier alpha value is -1.10. The van der Waals surface area contributed by atoms with Crippen LogP contribution in [-0.2, 0) is 4.74 Å². The maximum absolute atomic E-state index is 9.43. The van der Waals surface area contributed by atoms with Gasteiger partial charge in [-0.15, -0.1) is 0 Å². The van der Waals surface area contributed by atoms with Crippen LogP contribution in [0.2, 0.25) is 0 Å². The van der Waals surface area contributed by atoms with E-state index in [-0.39, 0.29) is 12.0 Å². The van der Waals surface area contributed by atoms with E-state index in [1.54, 1.807) is 6.26 Å². The van der Waals surface area contributed by atoms with Gasteiger partial charge in [0.05, 0.1) is 26.1 Å². The Morgan fingerprint density at radius 2 is 2.44 bits per heavy atom. The molecule has 0 aromatic carbocycles. The van der Waals surface area contributed by atoms with E-state index in [2.05, 4.69) is 17.9 Å². The summed E-state index contributed by atoms with van der Waals surface area (Å²) in [5, 5.41) is 9.43. The van der Waals surface area contributed by atoms with Gasteiger partial charge in [0.2, 0.25) is 0 Å². The van der Waals surface area contributed by atoms with Crippen molar-refractivity contribution in [1.82, 2.24) is 4.90 Å². The lowest BCUT2D eigenvalue weighted by Gasteiger charge is -2.29. The van der Waals surface area contributed by atoms with Crippen LogP contribution < -0.4 is 0 Å². The fraction of sp³-hybridized carbons (Fsp3) is 0.571. The molecule has 2 heterocycles. The first-order chi connectivity index (χ1) is 8.72. The second-order valence-corrected chi connectivity index (χ2v) is 5.17. The van der Waals surface area contributed by atoms with E-state index in [1.807, 2.05) is 18.2 Å². The first kappa shape index (κ1) is 13.3. The number of furan rings is 1. The molecule has 1 saturated heterocycles. The fourth-order valence-electron chi connectivity index (χ4n) is 2.13. The molecule has 1 atom stereocenters. The predicted molar refractivity (Wildman–Crippen MR) is 70.2 cm³/mol. The molecular weight excluding hydrogens is 230 g/mol. The highest BCUT2D eigenvalue weighted by Gasteiger charge is 2.28. The maximum Gasteiger partial charge on any atom is 0.126 e. The molecule has 0 amide bonds. The summed E-state index contributed by atoms with van der Waals surface area (Å²) in [5.41, 5.74) is -0.158. The van der Waals surface area contributed by atoms with Crippen LogP contribution >= 0.6 is 0 Å². The quantitative estimate of drug-likeness (QED) is 0.883. The lowest BCUT2D eigenvalue weighted by molar-refractivity contribution is 0.0357. The summed E-state index contributed by atoms with van der Waals surface area (Å²) in [6.45, 7) is 6.17. The van der Waals surface area contributed by atoms with E-state index in [4.69, 9.17) is 9.15 Å². The van der Waals surface area contributed by atoms with E-state index in [0.717, 1.165) is 32.0 Å². The molecule has 1 aromatic rings. The van der Waals surface area contributed by atoms with Gasteiger partial charge in [-0.1, -0.05) is 13.0 Å². The van der Waals surface area contributed by atoms with Gasteiger partial charge in [0.15, 0.2) is 0 Å². The Morgan fingerprint density at radius 3 is 3.17 bits per heavy atom. The molecule has 0 bridgehead atoms. The molecule has 0 saturated carbocycles. The molecule has 1 N–H and O–H groups in total. The average molecular weight is 251 g/mol. The molecule has 4 heteroatoms. The zero-order valence-corrected chi connectivity index (χ0v) is 10.8. The molecule has 0 aliphatic carbocycles. The number of rotatable bonds is 4. The van der Waals surface area contributed by atoms with Crippen molar-refractivity contribution >= 4 is 6.08 Å². The Kier molecular flexibility index (Phi) is 4.58. The Bertz CT molecular complexity index is 374. The van der Waals surface area contributed by atoms with Gasteiger partial charge in [-0.05, 0) is 18.2 Å². The normalized spacial score (nSPS) is 26.6. The third kappa shape index (κ3) is 3.70. The van der Waals surface area contributed by atoms with Crippen LogP contribution in [0.4, 0.5) is 0 Å². The molecule has 100 valence electrons. The first-order valence-corrected chi connectivity index (χ1v) is 6.33. The number of hydrogen-bond acceptors (Lipinski definition) is 4. The largest absolute Gasteiger partial charge is 0.465 e. The van der Waals surface area contributed by atoms with Crippen LogP contribution in [0, 0.1) is 5.41 Å². The molecular formula is C14H21NO3. The fourth-order valence-corrected chi connectivity index (χ4v) is 2.13. The number of hydrogen-bond donors (Lipinski definition) is 1. The third-order valence-electron chi connectivity index (χ3n) is 3.18. The van der Waals surface area contributed by atoms with Gasteiger partial charge in [-0.3, -0.25) is 4.90 Å². The lowest BCUT2D eigenvalue weighted by atomic mass is 9.92. The summed E-state index contributed by atoms with van der Waals surface area (Å²) in [5.74, 6) is 0.867. The van der Waals surface area contributed by atoms with Crippen molar-refractivity contribution in [1.29, 1.82) is 0 Å². The molecule has 1 aliphatic heterocycles. The van der Waals surface area contributed by atoms with E-state index < -0.39 is 0 Å². The summed E-state index contributed by atoms with van der Waals surface area (Å²) in [7, 11) is 0. The van der Waals surface area contributed by atoms with Gasteiger partial charge in [0.1, 0.15) is 5.76 Å². The van der Waals surface area contributed by atoms with Crippen LogP contribution in [0.25, 0.3) is 6.08 Å². The molecule has 18 heavy (non-hydrogen) atoms. The Balaban J connectivity index is 1.88. The molecule has 2 rings (SSSR count). The minimum atomic E-state index is -0.158. The van der Waals surface area contributed by atoms with Crippen LogP contribution in [0.1, 0.15) is 12.7 Å². The molecule has 1 unspecified atom stereocenters. The van der Waals surface area contributed by atoms with E-state index in [1.165, 1.54) is 0 Å². The molecule has 1 fully saturated rings. The SMILES string of the molecule is CC1(CO)COCCN(C/C=C/c2ccco2)C1. The first-order valence-electron chi connectivity index (χ1n) is 6.33. The minimum Gasteiger partial charge on any atom is -0.465 e. The topological polar surface area (TPSA) is 45.8 Å². The molecule has 0 spiro atoms. The Labute approximate surface area is 108 Å². The van der Waals surface area contributed by atoms with Crippen molar-refractivity contribution in [3.8, 4) is 0 Å². The number of aliphatic hydroxyl groups is 1. The summed E-state index contributed by atoms with van der Waals surface area (Å²) in [6, 6.07) is 3.81. The standard InChI is InChI=1S/C14H21NO3/c1-14(11-16)10-15(7-9-17-12-14)6-2-4-13-5-3-8-18-13/h2-5,8,16H,6-7,9-12H2,1H3/b4-2+. The van der Waals surface area contributed by atoms with Crippen molar-refractivity contribution in [3.63, 3.8) is 0 Å². The second kappa shape index (κ2) is 6.18. The number of ether oxygens (including phenoxy) is 1. The highest BCUT2D eigenvalue weighted by Crippen LogP contribution is 2.20. The molecule has 4 nitrogen and oxygen atoms in total. The number of aliphatic hydroxyl groups excluding tert-OH is 1. The van der Waals surface area contributed by atoms with E-state index in [0.29, 0.717) is 6.61 Å². The number of nitrogens with zero attached hydrogens (tertiary/aromatic N) is 1. The van der Waals surface area contributed by atoms with Gasteiger partial charge in [-0.2, -0.15) is 0 Å². The predicted octanol–water partition coefficient (Wildman–Crippen LogP) is 1.62. The summed E-state index contributed by atoms with van der Waals surface area (Å²) in [6.07, 6.45) is 5.73. The van der Waals surface area contributed by atoms with Gasteiger partial charge in [0, 0.05) is 25.0 Å². The summed E-state index contributed by atoms with van der Waals surface area (Å²) >= 11 is 0. The van der Waals surface area contributed by atoms with Crippen molar-refractivity contribution in [2.24, 2.45) is 5.41 Å². The van der Waals surface area contributed by atoms with Crippen molar-refractivity contribution in [2.75, 3.05) is 39.5 Å². The van der Waals surface area contributed by atoms with Crippen LogP contribution in [-0.4, -0.2) is 49.5 Å². The zero-order valence-electron chi connectivity index (χ0n) is 10.8. The van der Waals surface area contributed by atoms with Gasteiger partial charge < -0.3 is 14.3 Å². The van der Waals surface area contributed by atoms with Crippen molar-refractivity contribution < 1.29 is 14.3 Å². The van der Waals surface area contributed by atoms with E-state index >= 15 is 0 Å². The van der Waals surface area contributed by atoms with Crippen LogP contribution in [0.3, 0.4) is 0 Å². The van der Waals surface area contributed by atoms with Crippen LogP contribution in [0.15, 0.2) is 28.9 Å². The van der Waals surface area contributed by atoms with Gasteiger partial charge in [-0.25, -0.2) is 0 Å². The van der Waals surface area contributed by atoms with E-state index in [9.17, 15) is 5.11 Å². The molecule has 0 radical (unpaired) electrons. The lowest BCUT2D eigenvalue weighted by Crippen LogP contribution is -2.39. The van der Waals surface area contributed by atoms with Crippen molar-refractivity contribution in [2.45, 2.75) is 6.92 Å². The zero-order chi connectivity index (χ0) is 12.8. The van der Waals surface area contributed by atoms with Gasteiger partial charge in [0.25, 0.3) is 0 Å². The third-order valence-corrected chi connectivity index (χ3v) is 3.18. The minimum absolute atomic E-state index is 0.158. The average Bonchev–Trinajstić information content (AvgIpc) is 2.80. The van der Waals surface area contributed by atoms with Crippen molar-refractivity contribution in [3.05, 3.63) is 30.2 Å². The second-order valence-electron chi connectivity index (χ2n) is 5.17.